The van der Waals surface area contributed by atoms with E-state index in [2.05, 4.69) is 5.32 Å². The van der Waals surface area contributed by atoms with Crippen molar-refractivity contribution in [2.75, 3.05) is 19.7 Å². The van der Waals surface area contributed by atoms with Crippen LogP contribution in [0.3, 0.4) is 0 Å². The maximum atomic E-state index is 11.6. The Bertz CT molecular complexity index is 184. The summed E-state index contributed by atoms with van der Waals surface area (Å²) in [7, 11) is 0. The maximum absolute atomic E-state index is 11.6. The minimum Gasteiger partial charge on any atom is -0.396 e. The standard InChI is InChI=1S/C7H13F3N2O2/c1-5(3-13)2-11-6(14)12-4-7(8,9)10/h5,13H,2-4H2,1H3,(H2,11,12,14). The van der Waals surface area contributed by atoms with E-state index in [9.17, 15) is 18.0 Å². The summed E-state index contributed by atoms with van der Waals surface area (Å²) in [6.07, 6.45) is -4.40. The van der Waals surface area contributed by atoms with Crippen molar-refractivity contribution in [3.63, 3.8) is 0 Å². The zero-order valence-corrected chi connectivity index (χ0v) is 7.69. The molecule has 1 atom stereocenters. The van der Waals surface area contributed by atoms with Gasteiger partial charge in [0.1, 0.15) is 6.54 Å². The van der Waals surface area contributed by atoms with Gasteiger partial charge in [-0.1, -0.05) is 6.92 Å². The Kier molecular flexibility index (Phi) is 5.29. The molecule has 4 nitrogen and oxygen atoms in total. The fourth-order valence-electron chi connectivity index (χ4n) is 0.574. The predicted molar refractivity (Wildman–Crippen MR) is 43.7 cm³/mol. The van der Waals surface area contributed by atoms with Crippen LogP contribution in [0, 0.1) is 5.92 Å². The van der Waals surface area contributed by atoms with Crippen LogP contribution in [0.2, 0.25) is 0 Å². The number of hydrogen-bond donors (Lipinski definition) is 3. The quantitative estimate of drug-likeness (QED) is 0.637. The Hall–Kier alpha value is -0.980. The first kappa shape index (κ1) is 13.0. The van der Waals surface area contributed by atoms with E-state index >= 15 is 0 Å². The first-order valence-corrected chi connectivity index (χ1v) is 4.04. The molecule has 3 N–H and O–H groups in total. The lowest BCUT2D eigenvalue weighted by Crippen LogP contribution is -2.42. The molecule has 0 aromatic carbocycles. The molecule has 0 aliphatic rings. The van der Waals surface area contributed by atoms with Crippen LogP contribution in [-0.4, -0.2) is 37.0 Å². The van der Waals surface area contributed by atoms with Crippen molar-refractivity contribution < 1.29 is 23.1 Å². The lowest BCUT2D eigenvalue weighted by Gasteiger charge is -2.11. The number of nitrogens with one attached hydrogen (secondary N) is 2. The first-order chi connectivity index (χ1) is 6.35. The highest BCUT2D eigenvalue weighted by atomic mass is 19.4. The van der Waals surface area contributed by atoms with Crippen molar-refractivity contribution in [3.05, 3.63) is 0 Å². The van der Waals surface area contributed by atoms with E-state index in [1.165, 1.54) is 0 Å². The number of hydrogen-bond acceptors (Lipinski definition) is 2. The summed E-state index contributed by atoms with van der Waals surface area (Å²) in [4.78, 5) is 10.7. The summed E-state index contributed by atoms with van der Waals surface area (Å²) in [5.74, 6) is -0.174. The third kappa shape index (κ3) is 7.66. The van der Waals surface area contributed by atoms with Crippen molar-refractivity contribution in [2.24, 2.45) is 5.92 Å². The van der Waals surface area contributed by atoms with Gasteiger partial charge in [0, 0.05) is 13.2 Å². The van der Waals surface area contributed by atoms with Crippen LogP contribution >= 0.6 is 0 Å². The number of alkyl halides is 3. The Labute approximate surface area is 79.5 Å². The molecule has 0 fully saturated rings. The Balaban J connectivity index is 3.57. The van der Waals surface area contributed by atoms with Crippen molar-refractivity contribution >= 4 is 6.03 Å². The number of halogens is 3. The molecule has 0 spiro atoms. The molecule has 0 saturated carbocycles. The molecule has 0 heterocycles. The molecule has 0 rings (SSSR count). The average molecular weight is 214 g/mol. The second kappa shape index (κ2) is 5.69. The molecular weight excluding hydrogens is 201 g/mol. The second-order valence-corrected chi connectivity index (χ2v) is 2.97. The molecule has 84 valence electrons. The minimum atomic E-state index is -4.40. The molecule has 0 aliphatic carbocycles. The second-order valence-electron chi connectivity index (χ2n) is 2.97. The molecule has 0 aromatic heterocycles. The molecule has 0 aliphatic heterocycles. The molecule has 7 heteroatoms. The number of carbonyl (C=O) groups excluding carboxylic acids is 1. The molecule has 2 amide bonds. The monoisotopic (exact) mass is 214 g/mol. The predicted octanol–water partition coefficient (Wildman–Crippen LogP) is 0.476. The van der Waals surface area contributed by atoms with Crippen LogP contribution in [-0.2, 0) is 0 Å². The van der Waals surface area contributed by atoms with Crippen LogP contribution in [0.15, 0.2) is 0 Å². The summed E-state index contributed by atoms with van der Waals surface area (Å²) >= 11 is 0. The third-order valence-corrected chi connectivity index (χ3v) is 1.37. The van der Waals surface area contributed by atoms with Crippen LogP contribution in [0.5, 0.6) is 0 Å². The first-order valence-electron chi connectivity index (χ1n) is 4.04. The van der Waals surface area contributed by atoms with E-state index in [1.54, 1.807) is 12.2 Å². The molecule has 14 heavy (non-hydrogen) atoms. The fraction of sp³-hybridized carbons (Fsp3) is 0.857. The van der Waals surface area contributed by atoms with E-state index in [0.717, 1.165) is 0 Å². The summed E-state index contributed by atoms with van der Waals surface area (Å²) in [6.45, 7) is 0.316. The van der Waals surface area contributed by atoms with Crippen LogP contribution in [0.1, 0.15) is 6.92 Å². The van der Waals surface area contributed by atoms with Gasteiger partial charge in [-0.2, -0.15) is 13.2 Å². The van der Waals surface area contributed by atoms with Crippen molar-refractivity contribution in [1.29, 1.82) is 0 Å². The van der Waals surface area contributed by atoms with Gasteiger partial charge in [-0.3, -0.25) is 0 Å². The van der Waals surface area contributed by atoms with Gasteiger partial charge >= 0.3 is 12.2 Å². The van der Waals surface area contributed by atoms with Gasteiger partial charge in [-0.05, 0) is 5.92 Å². The average Bonchev–Trinajstić information content (AvgIpc) is 2.09. The third-order valence-electron chi connectivity index (χ3n) is 1.37. The van der Waals surface area contributed by atoms with Crippen LogP contribution < -0.4 is 10.6 Å². The van der Waals surface area contributed by atoms with Crippen molar-refractivity contribution in [2.45, 2.75) is 13.1 Å². The zero-order valence-electron chi connectivity index (χ0n) is 7.69. The topological polar surface area (TPSA) is 61.4 Å². The fourth-order valence-corrected chi connectivity index (χ4v) is 0.574. The summed E-state index contributed by atoms with van der Waals surface area (Å²) in [5.41, 5.74) is 0. The number of urea groups is 1. The SMILES string of the molecule is CC(CO)CNC(=O)NCC(F)(F)F. The van der Waals surface area contributed by atoms with E-state index in [-0.39, 0.29) is 19.1 Å². The van der Waals surface area contributed by atoms with Gasteiger partial charge in [0.15, 0.2) is 0 Å². The zero-order chi connectivity index (χ0) is 11.2. The lowest BCUT2D eigenvalue weighted by molar-refractivity contribution is -0.122. The highest BCUT2D eigenvalue weighted by Crippen LogP contribution is 2.11. The largest absolute Gasteiger partial charge is 0.405 e. The van der Waals surface area contributed by atoms with E-state index in [0.29, 0.717) is 0 Å². The van der Waals surface area contributed by atoms with E-state index in [1.807, 2.05) is 0 Å². The minimum absolute atomic E-state index is 0.125. The molecule has 0 saturated heterocycles. The van der Waals surface area contributed by atoms with Gasteiger partial charge in [0.25, 0.3) is 0 Å². The number of carbonyl (C=O) groups is 1. The van der Waals surface area contributed by atoms with Gasteiger partial charge in [-0.25, -0.2) is 4.79 Å². The van der Waals surface area contributed by atoms with Gasteiger partial charge in [-0.15, -0.1) is 0 Å². The lowest BCUT2D eigenvalue weighted by atomic mass is 10.2. The van der Waals surface area contributed by atoms with Gasteiger partial charge < -0.3 is 15.7 Å². The van der Waals surface area contributed by atoms with E-state index in [4.69, 9.17) is 5.11 Å². The number of aliphatic hydroxyl groups excluding tert-OH is 1. The Morgan fingerprint density at radius 2 is 2.00 bits per heavy atom. The molecule has 0 aromatic rings. The molecule has 0 bridgehead atoms. The highest BCUT2D eigenvalue weighted by Gasteiger charge is 2.27. The molecule has 1 unspecified atom stereocenters. The Morgan fingerprint density at radius 3 is 2.43 bits per heavy atom. The molecular formula is C7H13F3N2O2. The smallest absolute Gasteiger partial charge is 0.396 e. The van der Waals surface area contributed by atoms with Gasteiger partial charge in [0.2, 0.25) is 0 Å². The summed E-state index contributed by atoms with van der Waals surface area (Å²) in [6, 6.07) is -0.886. The van der Waals surface area contributed by atoms with Crippen LogP contribution in [0.25, 0.3) is 0 Å². The number of rotatable bonds is 4. The summed E-state index contributed by atoms with van der Waals surface area (Å²) in [5, 5.41) is 12.4. The summed E-state index contributed by atoms with van der Waals surface area (Å²) < 4.78 is 34.8. The van der Waals surface area contributed by atoms with Crippen molar-refractivity contribution in [1.82, 2.24) is 10.6 Å². The van der Waals surface area contributed by atoms with E-state index < -0.39 is 18.8 Å². The van der Waals surface area contributed by atoms with Gasteiger partial charge in [0.05, 0.1) is 0 Å². The highest BCUT2D eigenvalue weighted by molar-refractivity contribution is 5.73. The van der Waals surface area contributed by atoms with Crippen molar-refractivity contribution in [3.8, 4) is 0 Å². The number of aliphatic hydroxyl groups is 1. The number of amides is 2. The normalized spacial score (nSPS) is 13.5. The van der Waals surface area contributed by atoms with Crippen LogP contribution in [0.4, 0.5) is 18.0 Å². The Morgan fingerprint density at radius 1 is 1.43 bits per heavy atom. The maximum Gasteiger partial charge on any atom is 0.405 e. The molecule has 0 radical (unpaired) electrons.